The summed E-state index contributed by atoms with van der Waals surface area (Å²) in [5.41, 5.74) is 2.12. The molecule has 0 spiro atoms. The van der Waals surface area contributed by atoms with Gasteiger partial charge >= 0.3 is 5.00 Å². The van der Waals surface area contributed by atoms with E-state index in [0.29, 0.717) is 11.4 Å². The third-order valence-corrected chi connectivity index (χ3v) is 3.57. The van der Waals surface area contributed by atoms with Crippen molar-refractivity contribution in [3.63, 3.8) is 0 Å². The average molecular weight is 276 g/mol. The molecule has 1 heterocycles. The molecule has 98 valence electrons. The molecule has 6 heteroatoms. The Kier molecular flexibility index (Phi) is 3.91. The number of hydrogen-bond donors (Lipinski definition) is 1. The highest BCUT2D eigenvalue weighted by molar-refractivity contribution is 7.17. The molecule has 0 radical (unpaired) electrons. The first kappa shape index (κ1) is 13.2. The lowest BCUT2D eigenvalue weighted by atomic mass is 10.1. The van der Waals surface area contributed by atoms with Gasteiger partial charge in [0.15, 0.2) is 0 Å². The topological polar surface area (TPSA) is 72.2 Å². The molecule has 0 saturated heterocycles. The van der Waals surface area contributed by atoms with Gasteiger partial charge in [0.25, 0.3) is 5.91 Å². The molecule has 0 atom stereocenters. The van der Waals surface area contributed by atoms with Crippen LogP contribution < -0.4 is 5.32 Å². The molecule has 1 amide bonds. The summed E-state index contributed by atoms with van der Waals surface area (Å²) in [5, 5.41) is 13.3. The van der Waals surface area contributed by atoms with E-state index in [9.17, 15) is 14.9 Å². The SMILES string of the molecule is Cc1cccc(CNC(=O)c2ccc([N+](=O)[O-])s2)c1. The zero-order chi connectivity index (χ0) is 13.8. The highest BCUT2D eigenvalue weighted by Gasteiger charge is 2.14. The van der Waals surface area contributed by atoms with Gasteiger partial charge in [-0.15, -0.1) is 0 Å². The van der Waals surface area contributed by atoms with Crippen LogP contribution in [0.3, 0.4) is 0 Å². The van der Waals surface area contributed by atoms with Crippen molar-refractivity contribution in [2.75, 3.05) is 0 Å². The maximum Gasteiger partial charge on any atom is 0.324 e. The van der Waals surface area contributed by atoms with E-state index in [1.807, 2.05) is 31.2 Å². The van der Waals surface area contributed by atoms with E-state index in [0.717, 1.165) is 22.5 Å². The van der Waals surface area contributed by atoms with Gasteiger partial charge in [-0.25, -0.2) is 0 Å². The maximum absolute atomic E-state index is 11.8. The second-order valence-corrected chi connectivity index (χ2v) is 5.13. The molecule has 2 aromatic rings. The van der Waals surface area contributed by atoms with Crippen molar-refractivity contribution in [3.05, 3.63) is 62.5 Å². The lowest BCUT2D eigenvalue weighted by Gasteiger charge is -2.04. The van der Waals surface area contributed by atoms with E-state index >= 15 is 0 Å². The lowest BCUT2D eigenvalue weighted by molar-refractivity contribution is -0.380. The third-order valence-electron chi connectivity index (χ3n) is 2.53. The number of hydrogen-bond acceptors (Lipinski definition) is 4. The molecule has 0 saturated carbocycles. The van der Waals surface area contributed by atoms with Crippen LogP contribution in [0.25, 0.3) is 0 Å². The van der Waals surface area contributed by atoms with Gasteiger partial charge in [-0.3, -0.25) is 14.9 Å². The fourth-order valence-corrected chi connectivity index (χ4v) is 2.38. The van der Waals surface area contributed by atoms with Crippen molar-refractivity contribution in [1.82, 2.24) is 5.32 Å². The number of nitrogens with one attached hydrogen (secondary N) is 1. The van der Waals surface area contributed by atoms with Crippen LogP contribution in [0.2, 0.25) is 0 Å². The molecular formula is C13H12N2O3S. The Morgan fingerprint density at radius 1 is 1.37 bits per heavy atom. The number of carbonyl (C=O) groups is 1. The monoisotopic (exact) mass is 276 g/mol. The van der Waals surface area contributed by atoms with Gasteiger partial charge in [0.1, 0.15) is 0 Å². The Balaban J connectivity index is 1.99. The summed E-state index contributed by atoms with van der Waals surface area (Å²) in [4.78, 5) is 22.2. The van der Waals surface area contributed by atoms with E-state index in [1.54, 1.807) is 0 Å². The lowest BCUT2D eigenvalue weighted by Crippen LogP contribution is -2.21. The summed E-state index contributed by atoms with van der Waals surface area (Å²) in [6.45, 7) is 2.39. The molecule has 1 aromatic heterocycles. The van der Waals surface area contributed by atoms with Gasteiger partial charge < -0.3 is 5.32 Å². The van der Waals surface area contributed by atoms with Crippen LogP contribution in [0.15, 0.2) is 36.4 Å². The summed E-state index contributed by atoms with van der Waals surface area (Å²) < 4.78 is 0. The molecule has 0 aliphatic carbocycles. The van der Waals surface area contributed by atoms with Crippen molar-refractivity contribution in [2.24, 2.45) is 0 Å². The largest absolute Gasteiger partial charge is 0.347 e. The highest BCUT2D eigenvalue weighted by Crippen LogP contribution is 2.23. The summed E-state index contributed by atoms with van der Waals surface area (Å²) in [7, 11) is 0. The Hall–Kier alpha value is -2.21. The Labute approximate surface area is 114 Å². The van der Waals surface area contributed by atoms with Crippen LogP contribution in [0.4, 0.5) is 5.00 Å². The smallest absolute Gasteiger partial charge is 0.324 e. The number of aryl methyl sites for hydroxylation is 1. The minimum atomic E-state index is -0.498. The predicted molar refractivity (Wildman–Crippen MR) is 73.3 cm³/mol. The van der Waals surface area contributed by atoms with Crippen LogP contribution >= 0.6 is 11.3 Å². The first-order valence-corrected chi connectivity index (χ1v) is 6.46. The maximum atomic E-state index is 11.8. The minimum absolute atomic E-state index is 0.0271. The number of amides is 1. The number of nitro groups is 1. The van der Waals surface area contributed by atoms with E-state index in [4.69, 9.17) is 0 Å². The molecule has 2 rings (SSSR count). The summed E-state index contributed by atoms with van der Waals surface area (Å²) in [6.07, 6.45) is 0. The van der Waals surface area contributed by atoms with Crippen molar-refractivity contribution in [3.8, 4) is 0 Å². The molecule has 0 aliphatic rings. The van der Waals surface area contributed by atoms with Gasteiger partial charge in [-0.2, -0.15) is 0 Å². The number of rotatable bonds is 4. The van der Waals surface area contributed by atoms with Crippen molar-refractivity contribution < 1.29 is 9.72 Å². The molecule has 5 nitrogen and oxygen atoms in total. The molecule has 1 N–H and O–H groups in total. The van der Waals surface area contributed by atoms with E-state index in [1.165, 1.54) is 12.1 Å². The van der Waals surface area contributed by atoms with E-state index in [-0.39, 0.29) is 10.9 Å². The predicted octanol–water partition coefficient (Wildman–Crippen LogP) is 2.89. The molecule has 0 unspecified atom stereocenters. The van der Waals surface area contributed by atoms with Crippen molar-refractivity contribution in [2.45, 2.75) is 13.5 Å². The fourth-order valence-electron chi connectivity index (χ4n) is 1.64. The molecule has 19 heavy (non-hydrogen) atoms. The normalized spacial score (nSPS) is 10.2. The minimum Gasteiger partial charge on any atom is -0.347 e. The van der Waals surface area contributed by atoms with Crippen molar-refractivity contribution >= 4 is 22.2 Å². The zero-order valence-electron chi connectivity index (χ0n) is 10.3. The summed E-state index contributed by atoms with van der Waals surface area (Å²) in [6, 6.07) is 10.6. The third kappa shape index (κ3) is 3.38. The Morgan fingerprint density at radius 3 is 2.79 bits per heavy atom. The van der Waals surface area contributed by atoms with Crippen LogP contribution in [0, 0.1) is 17.0 Å². The molecule has 0 aliphatic heterocycles. The van der Waals surface area contributed by atoms with Gasteiger partial charge in [0.2, 0.25) is 0 Å². The number of carbonyl (C=O) groups excluding carboxylic acids is 1. The van der Waals surface area contributed by atoms with Gasteiger partial charge in [-0.05, 0) is 18.6 Å². The first-order valence-electron chi connectivity index (χ1n) is 5.64. The first-order chi connectivity index (χ1) is 9.06. The van der Waals surface area contributed by atoms with Crippen LogP contribution in [-0.2, 0) is 6.54 Å². The quantitative estimate of drug-likeness (QED) is 0.689. The van der Waals surface area contributed by atoms with Crippen LogP contribution in [0.1, 0.15) is 20.8 Å². The van der Waals surface area contributed by atoms with Crippen molar-refractivity contribution in [1.29, 1.82) is 0 Å². The standard InChI is InChI=1S/C13H12N2O3S/c1-9-3-2-4-10(7-9)8-14-13(16)11-5-6-12(19-11)15(17)18/h2-7H,8H2,1H3,(H,14,16). The zero-order valence-corrected chi connectivity index (χ0v) is 11.1. The molecule has 1 aromatic carbocycles. The van der Waals surface area contributed by atoms with Crippen LogP contribution in [0.5, 0.6) is 0 Å². The second kappa shape index (κ2) is 5.62. The summed E-state index contributed by atoms with van der Waals surface area (Å²) in [5.74, 6) is -0.292. The highest BCUT2D eigenvalue weighted by atomic mass is 32.1. The number of benzene rings is 1. The number of thiophene rings is 1. The Morgan fingerprint density at radius 2 is 2.16 bits per heavy atom. The van der Waals surface area contributed by atoms with Crippen LogP contribution in [-0.4, -0.2) is 10.8 Å². The van der Waals surface area contributed by atoms with Gasteiger partial charge in [0.05, 0.1) is 9.80 Å². The molecular weight excluding hydrogens is 264 g/mol. The average Bonchev–Trinajstić information content (AvgIpc) is 2.86. The van der Waals surface area contributed by atoms with E-state index in [2.05, 4.69) is 5.32 Å². The molecule has 0 fully saturated rings. The second-order valence-electron chi connectivity index (χ2n) is 4.07. The fraction of sp³-hybridized carbons (Fsp3) is 0.154. The van der Waals surface area contributed by atoms with Gasteiger partial charge in [0, 0.05) is 12.6 Å². The molecule has 0 bridgehead atoms. The number of nitrogens with zero attached hydrogens (tertiary/aromatic N) is 1. The van der Waals surface area contributed by atoms with E-state index < -0.39 is 4.92 Å². The van der Waals surface area contributed by atoms with Gasteiger partial charge in [-0.1, -0.05) is 41.2 Å². The summed E-state index contributed by atoms with van der Waals surface area (Å²) >= 11 is 0.876. The Bertz CT molecular complexity index is 622.